The van der Waals surface area contributed by atoms with Crippen molar-refractivity contribution in [3.05, 3.63) is 35.9 Å². The summed E-state index contributed by atoms with van der Waals surface area (Å²) >= 11 is 40.9. The van der Waals surface area contributed by atoms with Crippen molar-refractivity contribution in [3.63, 3.8) is 0 Å². The van der Waals surface area contributed by atoms with Gasteiger partial charge in [0.25, 0.3) is 0 Å². The molecule has 0 spiro atoms. The van der Waals surface area contributed by atoms with Crippen LogP contribution >= 0.6 is 81.2 Å². The highest BCUT2D eigenvalue weighted by Crippen LogP contribution is 2.60. The van der Waals surface area contributed by atoms with Crippen LogP contribution in [-0.2, 0) is 4.33 Å². The maximum Gasteiger partial charge on any atom is 0.226 e. The molecular weight excluding hydrogens is 356 g/mol. The van der Waals surface area contributed by atoms with Crippen molar-refractivity contribution in [3.8, 4) is 0 Å². The average Bonchev–Trinajstić information content (AvgIpc) is 2.17. The van der Waals surface area contributed by atoms with E-state index in [4.69, 9.17) is 81.2 Å². The normalized spacial score (nSPS) is 13.9. The molecule has 0 aromatic heterocycles. The Balaban J connectivity index is 3.22. The van der Waals surface area contributed by atoms with Gasteiger partial charge in [0.2, 0.25) is 8.13 Å². The number of halogens is 7. The minimum Gasteiger partial charge on any atom is -0.0930 e. The molecule has 0 unspecified atom stereocenters. The highest BCUT2D eigenvalue weighted by molar-refractivity contribution is 6.78. The van der Waals surface area contributed by atoms with Crippen LogP contribution < -0.4 is 0 Å². The predicted octanol–water partition coefficient (Wildman–Crippen LogP) is 5.66. The van der Waals surface area contributed by atoms with Crippen molar-refractivity contribution >= 4 is 81.2 Å². The SMILES string of the molecule is ClC(Cl)(Cl)C(Cl)(Cl)C(Cl)(Cl)c1c[c]ccc1. The summed E-state index contributed by atoms with van der Waals surface area (Å²) in [7, 11) is 0. The summed E-state index contributed by atoms with van der Waals surface area (Å²) in [5.41, 5.74) is 0.384. The summed E-state index contributed by atoms with van der Waals surface area (Å²) in [6, 6.07) is 9.21. The molecule has 0 bridgehead atoms. The van der Waals surface area contributed by atoms with E-state index in [-0.39, 0.29) is 0 Å². The minimum atomic E-state index is -2.05. The molecule has 1 radical (unpaired) electrons. The molecule has 16 heavy (non-hydrogen) atoms. The minimum absolute atomic E-state index is 0.384. The standard InChI is InChI=1S/C9H4Cl7/c10-7(11,6-4-2-1-3-5-6)8(12,13)9(14,15)16/h1-2,4-5H. The van der Waals surface area contributed by atoms with Crippen molar-refractivity contribution in [1.82, 2.24) is 0 Å². The van der Waals surface area contributed by atoms with Crippen LogP contribution in [-0.4, -0.2) is 8.13 Å². The smallest absolute Gasteiger partial charge is 0.0930 e. The maximum absolute atomic E-state index is 6.07. The summed E-state index contributed by atoms with van der Waals surface area (Å²) in [4.78, 5) is 0. The number of hydrogen-bond acceptors (Lipinski definition) is 0. The van der Waals surface area contributed by atoms with Crippen molar-refractivity contribution in [2.75, 3.05) is 0 Å². The van der Waals surface area contributed by atoms with Gasteiger partial charge in [-0.25, -0.2) is 0 Å². The average molecular weight is 360 g/mol. The molecule has 1 rings (SSSR count). The van der Waals surface area contributed by atoms with E-state index >= 15 is 0 Å². The Bertz CT molecular complexity index is 352. The zero-order valence-electron chi connectivity index (χ0n) is 7.46. The second-order valence-electron chi connectivity index (χ2n) is 2.94. The van der Waals surface area contributed by atoms with Crippen molar-refractivity contribution in [2.45, 2.75) is 12.5 Å². The van der Waals surface area contributed by atoms with Crippen molar-refractivity contribution < 1.29 is 0 Å². The highest BCUT2D eigenvalue weighted by atomic mass is 35.6. The Morgan fingerprint density at radius 3 is 1.88 bits per heavy atom. The fraction of sp³-hybridized carbons (Fsp3) is 0.333. The van der Waals surface area contributed by atoms with Crippen molar-refractivity contribution in [2.24, 2.45) is 0 Å². The molecule has 0 aliphatic rings. The van der Waals surface area contributed by atoms with Gasteiger partial charge in [-0.15, -0.1) is 0 Å². The van der Waals surface area contributed by atoms with Gasteiger partial charge < -0.3 is 0 Å². The van der Waals surface area contributed by atoms with Gasteiger partial charge in [-0.3, -0.25) is 0 Å². The van der Waals surface area contributed by atoms with Crippen LogP contribution in [0.1, 0.15) is 5.56 Å². The van der Waals surface area contributed by atoms with Gasteiger partial charge >= 0.3 is 0 Å². The molecular formula is C9H4Cl7. The molecule has 0 amide bonds. The molecule has 0 saturated heterocycles. The zero-order chi connectivity index (χ0) is 12.6. The van der Waals surface area contributed by atoms with Gasteiger partial charge in [0.15, 0.2) is 4.33 Å². The van der Waals surface area contributed by atoms with Gasteiger partial charge in [-0.1, -0.05) is 99.4 Å². The summed E-state index contributed by atoms with van der Waals surface area (Å²) in [6.45, 7) is 0. The van der Waals surface area contributed by atoms with Crippen molar-refractivity contribution in [1.29, 1.82) is 0 Å². The van der Waals surface area contributed by atoms with E-state index in [9.17, 15) is 0 Å². The third-order valence-electron chi connectivity index (χ3n) is 1.82. The Morgan fingerprint density at radius 2 is 1.50 bits per heavy atom. The lowest BCUT2D eigenvalue weighted by atomic mass is 10.1. The van der Waals surface area contributed by atoms with Crippen LogP contribution in [0, 0.1) is 6.07 Å². The fourth-order valence-electron chi connectivity index (χ4n) is 0.948. The second kappa shape index (κ2) is 5.09. The van der Waals surface area contributed by atoms with E-state index in [1.165, 1.54) is 6.07 Å². The van der Waals surface area contributed by atoms with Gasteiger partial charge in [0.05, 0.1) is 0 Å². The molecule has 0 N–H and O–H groups in total. The third kappa shape index (κ3) is 2.80. The first-order valence-electron chi connectivity index (χ1n) is 3.89. The van der Waals surface area contributed by atoms with E-state index < -0.39 is 12.5 Å². The third-order valence-corrected chi connectivity index (χ3v) is 5.78. The van der Waals surface area contributed by atoms with E-state index in [1.807, 2.05) is 0 Å². The van der Waals surface area contributed by atoms with Crippen LogP contribution in [0.4, 0.5) is 0 Å². The Labute approximate surface area is 129 Å². The molecule has 0 aliphatic carbocycles. The summed E-state index contributed by atoms with van der Waals surface area (Å²) in [5.74, 6) is 0. The van der Waals surface area contributed by atoms with E-state index in [0.717, 1.165) is 0 Å². The topological polar surface area (TPSA) is 0 Å². The summed E-state index contributed by atoms with van der Waals surface area (Å²) in [5, 5.41) is 0. The second-order valence-corrected chi connectivity index (χ2v) is 7.87. The molecule has 1 aromatic rings. The lowest BCUT2D eigenvalue weighted by molar-refractivity contribution is 0.698. The highest BCUT2D eigenvalue weighted by Gasteiger charge is 2.60. The van der Waals surface area contributed by atoms with Gasteiger partial charge in [0, 0.05) is 0 Å². The molecule has 0 heterocycles. The Kier molecular flexibility index (Phi) is 4.87. The number of benzene rings is 1. The van der Waals surface area contributed by atoms with E-state index in [0.29, 0.717) is 5.56 Å². The first-order valence-corrected chi connectivity index (χ1v) is 6.54. The quantitative estimate of drug-likeness (QED) is 0.597. The van der Waals surface area contributed by atoms with E-state index in [1.54, 1.807) is 18.2 Å². The number of alkyl halides is 7. The first-order chi connectivity index (χ1) is 7.11. The Hall–Kier alpha value is 1.25. The largest absolute Gasteiger partial charge is 0.226 e. The zero-order valence-corrected chi connectivity index (χ0v) is 12.7. The summed E-state index contributed by atoms with van der Waals surface area (Å²) < 4.78 is -5.84. The maximum atomic E-state index is 6.07. The fourth-order valence-corrected chi connectivity index (χ4v) is 2.40. The molecule has 0 aliphatic heterocycles. The predicted molar refractivity (Wildman–Crippen MR) is 73.4 cm³/mol. The van der Waals surface area contributed by atoms with Crippen LogP contribution in [0.3, 0.4) is 0 Å². The Morgan fingerprint density at radius 1 is 0.938 bits per heavy atom. The number of rotatable bonds is 2. The van der Waals surface area contributed by atoms with Crippen LogP contribution in [0.2, 0.25) is 0 Å². The lowest BCUT2D eigenvalue weighted by Crippen LogP contribution is -2.45. The molecule has 0 atom stereocenters. The van der Waals surface area contributed by atoms with Gasteiger partial charge in [-0.05, 0) is 17.7 Å². The van der Waals surface area contributed by atoms with Crippen LogP contribution in [0.25, 0.3) is 0 Å². The number of hydrogen-bond donors (Lipinski definition) is 0. The molecule has 0 saturated carbocycles. The van der Waals surface area contributed by atoms with Gasteiger partial charge in [-0.2, -0.15) is 0 Å². The van der Waals surface area contributed by atoms with Crippen LogP contribution in [0.5, 0.6) is 0 Å². The molecule has 0 nitrogen and oxygen atoms in total. The first kappa shape index (κ1) is 15.3. The summed E-state index contributed by atoms with van der Waals surface area (Å²) in [6.07, 6.45) is 0. The monoisotopic (exact) mass is 357 g/mol. The molecule has 89 valence electrons. The van der Waals surface area contributed by atoms with Gasteiger partial charge in [0.1, 0.15) is 0 Å². The molecule has 0 fully saturated rings. The molecule has 7 heteroatoms. The van der Waals surface area contributed by atoms with Crippen LogP contribution in [0.15, 0.2) is 24.3 Å². The lowest BCUT2D eigenvalue weighted by Gasteiger charge is -2.37. The molecule has 1 aromatic carbocycles. The van der Waals surface area contributed by atoms with E-state index in [2.05, 4.69) is 6.07 Å².